The Balaban J connectivity index is 1.87. The van der Waals surface area contributed by atoms with E-state index in [4.69, 9.17) is 0 Å². The van der Waals surface area contributed by atoms with Gasteiger partial charge in [-0.15, -0.1) is 0 Å². The van der Waals surface area contributed by atoms with E-state index >= 15 is 0 Å². The molecule has 2 rings (SSSR count). The normalized spacial score (nSPS) is 14.3. The van der Waals surface area contributed by atoms with Crippen LogP contribution in [0.4, 0.5) is 4.39 Å². The Morgan fingerprint density at radius 1 is 1.25 bits per heavy atom. The summed E-state index contributed by atoms with van der Waals surface area (Å²) in [6.07, 6.45) is 1.62. The van der Waals surface area contributed by atoms with Gasteiger partial charge >= 0.3 is 5.97 Å². The van der Waals surface area contributed by atoms with Gasteiger partial charge in [-0.1, -0.05) is 0 Å². The van der Waals surface area contributed by atoms with Crippen molar-refractivity contribution >= 4 is 11.9 Å². The van der Waals surface area contributed by atoms with E-state index in [-0.39, 0.29) is 11.5 Å². The molecule has 84 valence electrons. The van der Waals surface area contributed by atoms with Crippen molar-refractivity contribution in [1.29, 1.82) is 0 Å². The molecule has 1 saturated carbocycles. The van der Waals surface area contributed by atoms with Crippen molar-refractivity contribution in [3.63, 3.8) is 0 Å². The lowest BCUT2D eigenvalue weighted by Gasteiger charge is -2.04. The molecule has 0 spiro atoms. The average Bonchev–Trinajstić information content (AvgIpc) is 3.10. The topological polar surface area (TPSA) is 55.4 Å². The third-order valence-electron chi connectivity index (χ3n) is 2.26. The summed E-state index contributed by atoms with van der Waals surface area (Å²) >= 11 is 0. The summed E-state index contributed by atoms with van der Waals surface area (Å²) in [5, 5.41) is 0. The highest BCUT2D eigenvalue weighted by Crippen LogP contribution is 2.29. The lowest BCUT2D eigenvalue weighted by atomic mass is 10.2. The molecule has 0 aromatic heterocycles. The van der Waals surface area contributed by atoms with E-state index in [2.05, 4.69) is 4.84 Å². The summed E-state index contributed by atoms with van der Waals surface area (Å²) in [6.45, 7) is 0. The first-order valence-electron chi connectivity index (χ1n) is 4.93. The van der Waals surface area contributed by atoms with E-state index in [1.54, 1.807) is 0 Å². The summed E-state index contributed by atoms with van der Waals surface area (Å²) < 4.78 is 12.6. The van der Waals surface area contributed by atoms with Crippen molar-refractivity contribution in [3.8, 4) is 0 Å². The largest absolute Gasteiger partial charge is 0.340 e. The van der Waals surface area contributed by atoms with Gasteiger partial charge in [0.05, 0.1) is 5.92 Å². The van der Waals surface area contributed by atoms with Crippen molar-refractivity contribution in [3.05, 3.63) is 35.6 Å². The molecule has 0 saturated heterocycles. The smallest absolute Gasteiger partial charge is 0.335 e. The van der Waals surface area contributed by atoms with Crippen LogP contribution in [0.2, 0.25) is 0 Å². The highest BCUT2D eigenvalue weighted by Gasteiger charge is 2.32. The summed E-state index contributed by atoms with van der Waals surface area (Å²) in [4.78, 5) is 27.1. The second-order valence-corrected chi connectivity index (χ2v) is 3.63. The van der Waals surface area contributed by atoms with Gasteiger partial charge < -0.3 is 4.84 Å². The molecule has 1 fully saturated rings. The van der Waals surface area contributed by atoms with Gasteiger partial charge in [-0.2, -0.15) is 5.48 Å². The fraction of sp³-hybridized carbons (Fsp3) is 0.273. The van der Waals surface area contributed by atoms with E-state index in [0.717, 1.165) is 25.0 Å². The van der Waals surface area contributed by atoms with Crippen LogP contribution in [0.3, 0.4) is 0 Å². The molecule has 1 aromatic carbocycles. The predicted molar refractivity (Wildman–Crippen MR) is 52.7 cm³/mol. The van der Waals surface area contributed by atoms with Crippen LogP contribution in [0.25, 0.3) is 0 Å². The number of carbonyl (C=O) groups is 2. The second-order valence-electron chi connectivity index (χ2n) is 3.63. The number of amides is 1. The van der Waals surface area contributed by atoms with Crippen molar-refractivity contribution in [2.45, 2.75) is 12.8 Å². The molecule has 1 amide bonds. The minimum Gasteiger partial charge on any atom is -0.340 e. The molecule has 0 aliphatic heterocycles. The zero-order chi connectivity index (χ0) is 11.5. The number of halogens is 1. The molecule has 1 N–H and O–H groups in total. The van der Waals surface area contributed by atoms with Crippen molar-refractivity contribution in [2.75, 3.05) is 0 Å². The van der Waals surface area contributed by atoms with Crippen LogP contribution in [0.15, 0.2) is 24.3 Å². The van der Waals surface area contributed by atoms with Crippen LogP contribution in [0.1, 0.15) is 23.2 Å². The highest BCUT2D eigenvalue weighted by atomic mass is 19.1. The lowest BCUT2D eigenvalue weighted by Crippen LogP contribution is -2.27. The molecule has 16 heavy (non-hydrogen) atoms. The Hall–Kier alpha value is -1.91. The van der Waals surface area contributed by atoms with Crippen LogP contribution in [0, 0.1) is 11.7 Å². The van der Waals surface area contributed by atoms with Crippen LogP contribution >= 0.6 is 0 Å². The van der Waals surface area contributed by atoms with Crippen molar-refractivity contribution in [1.82, 2.24) is 5.48 Å². The molecule has 0 radical (unpaired) electrons. The van der Waals surface area contributed by atoms with Crippen molar-refractivity contribution < 1.29 is 18.8 Å². The standard InChI is InChI=1S/C11H10FNO3/c12-9-5-3-7(4-6-9)10(14)13-16-11(15)8-1-2-8/h3-6,8H,1-2H2,(H,13,14). The predicted octanol–water partition coefficient (Wildman–Crippen LogP) is 1.42. The first kappa shape index (κ1) is 10.6. The number of hydrogen-bond donors (Lipinski definition) is 1. The van der Waals surface area contributed by atoms with Crippen LogP contribution in [-0.2, 0) is 9.63 Å². The van der Waals surface area contributed by atoms with Gasteiger partial charge in [-0.3, -0.25) is 4.79 Å². The Bertz CT molecular complexity index is 412. The van der Waals surface area contributed by atoms with Gasteiger partial charge in [0, 0.05) is 5.56 Å². The Morgan fingerprint density at radius 2 is 1.88 bits per heavy atom. The molecule has 0 unspecified atom stereocenters. The van der Waals surface area contributed by atoms with Crippen molar-refractivity contribution in [2.24, 2.45) is 5.92 Å². The molecule has 0 heterocycles. The molecule has 4 nitrogen and oxygen atoms in total. The number of rotatable bonds is 2. The summed E-state index contributed by atoms with van der Waals surface area (Å²) in [7, 11) is 0. The fourth-order valence-corrected chi connectivity index (χ4v) is 1.16. The zero-order valence-corrected chi connectivity index (χ0v) is 8.40. The Morgan fingerprint density at radius 3 is 2.44 bits per heavy atom. The quantitative estimate of drug-likeness (QED) is 0.771. The average molecular weight is 223 g/mol. The first-order chi connectivity index (χ1) is 7.66. The Labute approximate surface area is 91.4 Å². The van der Waals surface area contributed by atoms with Gasteiger partial charge in [-0.05, 0) is 37.1 Å². The van der Waals surface area contributed by atoms with Crippen LogP contribution in [0.5, 0.6) is 0 Å². The zero-order valence-electron chi connectivity index (χ0n) is 8.40. The molecule has 1 aliphatic carbocycles. The maximum atomic E-state index is 12.6. The molecule has 0 bridgehead atoms. The van der Waals surface area contributed by atoms with Gasteiger partial charge in [0.2, 0.25) is 0 Å². The number of hydrogen-bond acceptors (Lipinski definition) is 3. The fourth-order valence-electron chi connectivity index (χ4n) is 1.16. The van der Waals surface area contributed by atoms with Crippen LogP contribution in [-0.4, -0.2) is 11.9 Å². The molecule has 1 aliphatic rings. The van der Waals surface area contributed by atoms with Gasteiger partial charge in [-0.25, -0.2) is 9.18 Å². The minimum absolute atomic E-state index is 0.0754. The molecule has 5 heteroatoms. The molecular formula is C11H10FNO3. The third-order valence-corrected chi connectivity index (χ3v) is 2.26. The summed E-state index contributed by atoms with van der Waals surface area (Å²) in [5.41, 5.74) is 2.27. The highest BCUT2D eigenvalue weighted by molar-refractivity contribution is 5.94. The first-order valence-corrected chi connectivity index (χ1v) is 4.93. The number of carbonyl (C=O) groups excluding carboxylic acids is 2. The monoisotopic (exact) mass is 223 g/mol. The van der Waals surface area contributed by atoms with Gasteiger partial charge in [0.1, 0.15) is 5.82 Å². The SMILES string of the molecule is O=C(NOC(=O)C1CC1)c1ccc(F)cc1. The third kappa shape index (κ3) is 2.56. The van der Waals surface area contributed by atoms with E-state index in [0.29, 0.717) is 0 Å². The lowest BCUT2D eigenvalue weighted by molar-refractivity contribution is -0.150. The van der Waals surface area contributed by atoms with Gasteiger partial charge in [0.25, 0.3) is 5.91 Å². The molecular weight excluding hydrogens is 213 g/mol. The number of nitrogens with one attached hydrogen (secondary N) is 1. The Kier molecular flexibility index (Phi) is 2.85. The maximum absolute atomic E-state index is 12.6. The van der Waals surface area contributed by atoms with E-state index in [9.17, 15) is 14.0 Å². The summed E-state index contributed by atoms with van der Waals surface area (Å²) in [6, 6.07) is 4.96. The van der Waals surface area contributed by atoms with E-state index < -0.39 is 17.7 Å². The molecule has 1 aromatic rings. The maximum Gasteiger partial charge on any atom is 0.335 e. The number of benzene rings is 1. The van der Waals surface area contributed by atoms with Gasteiger partial charge in [0.15, 0.2) is 0 Å². The minimum atomic E-state index is -0.561. The van der Waals surface area contributed by atoms with E-state index in [1.807, 2.05) is 5.48 Å². The summed E-state index contributed by atoms with van der Waals surface area (Å²) in [5.74, 6) is -1.48. The molecule has 0 atom stereocenters. The number of hydroxylamine groups is 1. The second kappa shape index (κ2) is 4.30. The van der Waals surface area contributed by atoms with Crippen LogP contribution < -0.4 is 5.48 Å². The van der Waals surface area contributed by atoms with E-state index in [1.165, 1.54) is 12.1 Å².